The van der Waals surface area contributed by atoms with Crippen molar-refractivity contribution in [2.75, 3.05) is 7.11 Å². The Bertz CT molecular complexity index is 394. The average Bonchev–Trinajstić information content (AvgIpc) is 2.42. The van der Waals surface area contributed by atoms with Crippen LogP contribution in [0.3, 0.4) is 0 Å². The third-order valence-corrected chi connectivity index (χ3v) is 3.74. The summed E-state index contributed by atoms with van der Waals surface area (Å²) >= 11 is 0. The van der Waals surface area contributed by atoms with Crippen LogP contribution in [0, 0.1) is 11.8 Å². The normalized spacial score (nSPS) is 21.8. The molecule has 0 radical (unpaired) electrons. The van der Waals surface area contributed by atoms with E-state index in [0.29, 0.717) is 25.7 Å². The highest BCUT2D eigenvalue weighted by Gasteiger charge is 2.35. The Morgan fingerprint density at radius 1 is 1.43 bits per heavy atom. The molecule has 1 aliphatic carbocycles. The van der Waals surface area contributed by atoms with Crippen molar-refractivity contribution < 1.29 is 24.2 Å². The van der Waals surface area contributed by atoms with Crippen LogP contribution in [0.4, 0.5) is 0 Å². The summed E-state index contributed by atoms with van der Waals surface area (Å²) in [6, 6.07) is -0.867. The minimum atomic E-state index is -1.16. The van der Waals surface area contributed by atoms with E-state index < -0.39 is 24.0 Å². The Labute approximate surface area is 125 Å². The van der Waals surface area contributed by atoms with Crippen molar-refractivity contribution in [1.82, 2.24) is 5.32 Å². The summed E-state index contributed by atoms with van der Waals surface area (Å²) in [5, 5.41) is 12.4. The molecule has 120 valence electrons. The second-order valence-corrected chi connectivity index (χ2v) is 6.05. The molecule has 0 bridgehead atoms. The summed E-state index contributed by atoms with van der Waals surface area (Å²) in [7, 11) is 1.25. The van der Waals surface area contributed by atoms with Crippen LogP contribution in [-0.2, 0) is 19.1 Å². The van der Waals surface area contributed by atoms with E-state index in [0.717, 1.165) is 0 Å². The summed E-state index contributed by atoms with van der Waals surface area (Å²) in [5.41, 5.74) is 0. The first-order chi connectivity index (χ1) is 9.85. The first kappa shape index (κ1) is 17.6. The molecule has 3 atom stereocenters. The lowest BCUT2D eigenvalue weighted by atomic mass is 9.83. The molecule has 0 spiro atoms. The van der Waals surface area contributed by atoms with Gasteiger partial charge in [-0.05, 0) is 31.1 Å². The highest BCUT2D eigenvalue weighted by atomic mass is 16.5. The number of amides is 1. The van der Waals surface area contributed by atoms with E-state index in [1.54, 1.807) is 0 Å². The van der Waals surface area contributed by atoms with Crippen LogP contribution in [0.15, 0.2) is 0 Å². The molecule has 1 fully saturated rings. The number of aliphatic hydroxyl groups is 1. The molecule has 0 unspecified atom stereocenters. The Hall–Kier alpha value is -1.43. The maximum absolute atomic E-state index is 12.0. The number of hydrogen-bond donors (Lipinski definition) is 2. The zero-order valence-corrected chi connectivity index (χ0v) is 12.9. The van der Waals surface area contributed by atoms with E-state index in [4.69, 9.17) is 4.74 Å². The van der Waals surface area contributed by atoms with E-state index in [1.807, 2.05) is 13.8 Å². The number of methoxy groups -OCH3 is 1. The lowest BCUT2D eigenvalue weighted by Gasteiger charge is -2.29. The van der Waals surface area contributed by atoms with Gasteiger partial charge >= 0.3 is 5.97 Å². The van der Waals surface area contributed by atoms with Gasteiger partial charge in [0.05, 0.1) is 7.11 Å². The van der Waals surface area contributed by atoms with Gasteiger partial charge in [-0.2, -0.15) is 0 Å². The molecule has 0 heterocycles. The molecule has 6 nitrogen and oxygen atoms in total. The minimum Gasteiger partial charge on any atom is -0.467 e. The van der Waals surface area contributed by atoms with Crippen LogP contribution >= 0.6 is 0 Å². The van der Waals surface area contributed by atoms with Crippen molar-refractivity contribution in [1.29, 1.82) is 0 Å². The standard InChI is InChI=1S/C15H25NO5/c1-9(2)7-12(18)14(19)16-13(15(20)21-3)10-5-4-6-11(17)8-10/h9-10,12-13,18H,4-8H2,1-3H3,(H,16,19)/t10-,12-,13-/m1/s1. The van der Waals surface area contributed by atoms with Gasteiger partial charge in [0, 0.05) is 12.8 Å². The molecule has 21 heavy (non-hydrogen) atoms. The van der Waals surface area contributed by atoms with E-state index in [-0.39, 0.29) is 24.0 Å². The molecule has 0 aliphatic heterocycles. The van der Waals surface area contributed by atoms with E-state index in [9.17, 15) is 19.5 Å². The van der Waals surface area contributed by atoms with Gasteiger partial charge in [0.1, 0.15) is 17.9 Å². The number of nitrogens with one attached hydrogen (secondary N) is 1. The van der Waals surface area contributed by atoms with Crippen LogP contribution in [0.1, 0.15) is 46.0 Å². The first-order valence-electron chi connectivity index (χ1n) is 7.43. The van der Waals surface area contributed by atoms with Gasteiger partial charge in [0.25, 0.3) is 0 Å². The fourth-order valence-electron chi connectivity index (χ4n) is 2.64. The number of carbonyl (C=O) groups is 3. The first-order valence-corrected chi connectivity index (χ1v) is 7.43. The highest BCUT2D eigenvalue weighted by molar-refractivity contribution is 5.88. The topological polar surface area (TPSA) is 92.7 Å². The monoisotopic (exact) mass is 299 g/mol. The maximum atomic E-state index is 12.0. The summed E-state index contributed by atoms with van der Waals surface area (Å²) in [6.07, 6.45) is 1.35. The Kier molecular flexibility index (Phi) is 6.81. The Morgan fingerprint density at radius 2 is 2.10 bits per heavy atom. The quantitative estimate of drug-likeness (QED) is 0.708. The molecular weight excluding hydrogens is 274 g/mol. The zero-order valence-electron chi connectivity index (χ0n) is 12.9. The number of rotatable bonds is 6. The summed E-state index contributed by atoms with van der Waals surface area (Å²) in [5.74, 6) is -1.15. The lowest BCUT2D eigenvalue weighted by molar-refractivity contribution is -0.148. The van der Waals surface area contributed by atoms with Gasteiger partial charge in [-0.25, -0.2) is 4.79 Å². The van der Waals surface area contributed by atoms with E-state index >= 15 is 0 Å². The average molecular weight is 299 g/mol. The second-order valence-electron chi connectivity index (χ2n) is 6.05. The Balaban J connectivity index is 2.72. The van der Waals surface area contributed by atoms with Gasteiger partial charge in [-0.15, -0.1) is 0 Å². The SMILES string of the molecule is COC(=O)[C@H](NC(=O)[C@H](O)CC(C)C)[C@@H]1CCCC(=O)C1. The van der Waals surface area contributed by atoms with Gasteiger partial charge in [-0.1, -0.05) is 13.8 Å². The van der Waals surface area contributed by atoms with Crippen LogP contribution in [-0.4, -0.2) is 42.0 Å². The smallest absolute Gasteiger partial charge is 0.328 e. The molecule has 1 amide bonds. The Morgan fingerprint density at radius 3 is 2.62 bits per heavy atom. The number of Topliss-reactive ketones (excluding diaryl/α,β-unsaturated/α-hetero) is 1. The molecule has 1 aliphatic rings. The summed E-state index contributed by atoms with van der Waals surface area (Å²) in [4.78, 5) is 35.4. The molecule has 0 aromatic rings. The van der Waals surface area contributed by atoms with Crippen molar-refractivity contribution in [3.05, 3.63) is 0 Å². The number of hydrogen-bond acceptors (Lipinski definition) is 5. The van der Waals surface area contributed by atoms with Gasteiger partial charge in [0.15, 0.2) is 0 Å². The number of esters is 1. The predicted molar refractivity (Wildman–Crippen MR) is 76.4 cm³/mol. The predicted octanol–water partition coefficient (Wildman–Crippen LogP) is 0.810. The van der Waals surface area contributed by atoms with Crippen molar-refractivity contribution in [3.63, 3.8) is 0 Å². The number of ether oxygens (including phenoxy) is 1. The van der Waals surface area contributed by atoms with Gasteiger partial charge in [0.2, 0.25) is 5.91 Å². The van der Waals surface area contributed by atoms with Crippen LogP contribution in [0.2, 0.25) is 0 Å². The van der Waals surface area contributed by atoms with Crippen LogP contribution in [0.25, 0.3) is 0 Å². The molecule has 0 aromatic heterocycles. The molecule has 1 rings (SSSR count). The highest BCUT2D eigenvalue weighted by Crippen LogP contribution is 2.25. The largest absolute Gasteiger partial charge is 0.467 e. The number of aliphatic hydroxyl groups excluding tert-OH is 1. The molecule has 1 saturated carbocycles. The van der Waals surface area contributed by atoms with E-state index in [2.05, 4.69) is 5.32 Å². The molecule has 2 N–H and O–H groups in total. The maximum Gasteiger partial charge on any atom is 0.328 e. The third-order valence-electron chi connectivity index (χ3n) is 3.74. The fourth-order valence-corrected chi connectivity index (χ4v) is 2.64. The molecule has 6 heteroatoms. The third kappa shape index (κ3) is 5.46. The van der Waals surface area contributed by atoms with Crippen LogP contribution < -0.4 is 5.32 Å². The molecule has 0 aromatic carbocycles. The minimum absolute atomic E-state index is 0.0946. The number of ketones is 1. The van der Waals surface area contributed by atoms with Crippen molar-refractivity contribution >= 4 is 17.7 Å². The molecule has 0 saturated heterocycles. The summed E-state index contributed by atoms with van der Waals surface area (Å²) < 4.78 is 4.72. The van der Waals surface area contributed by atoms with Gasteiger partial charge < -0.3 is 15.2 Å². The van der Waals surface area contributed by atoms with Crippen molar-refractivity contribution in [2.45, 2.75) is 58.1 Å². The molecular formula is C15H25NO5. The van der Waals surface area contributed by atoms with E-state index in [1.165, 1.54) is 7.11 Å². The van der Waals surface area contributed by atoms with Gasteiger partial charge in [-0.3, -0.25) is 9.59 Å². The lowest BCUT2D eigenvalue weighted by Crippen LogP contribution is -2.51. The van der Waals surface area contributed by atoms with Crippen LogP contribution in [0.5, 0.6) is 0 Å². The number of carbonyl (C=O) groups excluding carboxylic acids is 3. The second kappa shape index (κ2) is 8.12. The summed E-state index contributed by atoms with van der Waals surface area (Å²) in [6.45, 7) is 3.79. The van der Waals surface area contributed by atoms with Crippen molar-refractivity contribution in [2.24, 2.45) is 11.8 Å². The van der Waals surface area contributed by atoms with Crippen molar-refractivity contribution in [3.8, 4) is 0 Å². The zero-order chi connectivity index (χ0) is 16.0. The fraction of sp³-hybridized carbons (Fsp3) is 0.800.